The maximum absolute atomic E-state index is 13.1. The normalized spacial score (nSPS) is 14.2. The number of hydrogen-bond donors (Lipinski definition) is 0. The van der Waals surface area contributed by atoms with Gasteiger partial charge in [0.2, 0.25) is 5.82 Å². The standard InChI is InChI=1S/C20H21FN4O3/c1-26-17-5-3-4-16(18(17)27-2)19-22-20(28-23-19)25-12-10-24(11-13-25)15-8-6-14(21)7-9-15/h3-9H,10-13H2,1-2H3. The molecule has 28 heavy (non-hydrogen) atoms. The predicted octanol–water partition coefficient (Wildman–Crippen LogP) is 3.22. The first kappa shape index (κ1) is 18.1. The van der Waals surface area contributed by atoms with Crippen LogP contribution in [-0.4, -0.2) is 50.5 Å². The van der Waals surface area contributed by atoms with E-state index in [0.29, 0.717) is 28.9 Å². The zero-order chi connectivity index (χ0) is 19.5. The van der Waals surface area contributed by atoms with Crippen LogP contribution in [0.5, 0.6) is 11.5 Å². The summed E-state index contributed by atoms with van der Waals surface area (Å²) < 4.78 is 29.4. The lowest BCUT2D eigenvalue weighted by Gasteiger charge is -2.35. The summed E-state index contributed by atoms with van der Waals surface area (Å²) in [5.74, 6) is 1.40. The summed E-state index contributed by atoms with van der Waals surface area (Å²) in [6.07, 6.45) is 0. The summed E-state index contributed by atoms with van der Waals surface area (Å²) in [4.78, 5) is 8.79. The van der Waals surface area contributed by atoms with Crippen LogP contribution in [0.3, 0.4) is 0 Å². The minimum absolute atomic E-state index is 0.228. The molecule has 1 saturated heterocycles. The topological polar surface area (TPSA) is 63.9 Å². The smallest absolute Gasteiger partial charge is 0.324 e. The maximum atomic E-state index is 13.1. The Labute approximate surface area is 162 Å². The van der Waals surface area contributed by atoms with Crippen molar-refractivity contribution in [3.8, 4) is 22.9 Å². The molecule has 2 heterocycles. The molecule has 1 fully saturated rings. The third-order valence-electron chi connectivity index (χ3n) is 4.80. The van der Waals surface area contributed by atoms with E-state index >= 15 is 0 Å². The van der Waals surface area contributed by atoms with Crippen LogP contribution in [0.25, 0.3) is 11.4 Å². The summed E-state index contributed by atoms with van der Waals surface area (Å²) in [5, 5.41) is 4.11. The Morgan fingerprint density at radius 3 is 2.32 bits per heavy atom. The molecule has 7 nitrogen and oxygen atoms in total. The van der Waals surface area contributed by atoms with Gasteiger partial charge < -0.3 is 23.8 Å². The van der Waals surface area contributed by atoms with Crippen LogP contribution in [0.4, 0.5) is 16.1 Å². The molecule has 0 spiro atoms. The highest BCUT2D eigenvalue weighted by atomic mass is 19.1. The predicted molar refractivity (Wildman–Crippen MR) is 104 cm³/mol. The first-order valence-corrected chi connectivity index (χ1v) is 9.00. The van der Waals surface area contributed by atoms with Gasteiger partial charge in [0.1, 0.15) is 5.82 Å². The van der Waals surface area contributed by atoms with Gasteiger partial charge in [0.25, 0.3) is 0 Å². The van der Waals surface area contributed by atoms with Crippen molar-refractivity contribution in [1.29, 1.82) is 0 Å². The van der Waals surface area contributed by atoms with Crippen molar-refractivity contribution in [1.82, 2.24) is 10.1 Å². The second-order valence-corrected chi connectivity index (χ2v) is 6.39. The summed E-state index contributed by atoms with van der Waals surface area (Å²) >= 11 is 0. The molecule has 2 aromatic carbocycles. The minimum Gasteiger partial charge on any atom is -0.493 e. The SMILES string of the molecule is COc1cccc(-c2noc(N3CCN(c4ccc(F)cc4)CC3)n2)c1OC. The van der Waals surface area contributed by atoms with E-state index in [0.717, 1.165) is 31.9 Å². The van der Waals surface area contributed by atoms with Crippen LogP contribution < -0.4 is 19.3 Å². The summed E-state index contributed by atoms with van der Waals surface area (Å²) in [6, 6.07) is 12.6. The number of nitrogens with zero attached hydrogens (tertiary/aromatic N) is 4. The molecule has 0 atom stereocenters. The maximum Gasteiger partial charge on any atom is 0.324 e. The lowest BCUT2D eigenvalue weighted by molar-refractivity contribution is 0.355. The molecule has 146 valence electrons. The van der Waals surface area contributed by atoms with Crippen molar-refractivity contribution >= 4 is 11.7 Å². The van der Waals surface area contributed by atoms with Gasteiger partial charge in [0.15, 0.2) is 11.5 Å². The van der Waals surface area contributed by atoms with E-state index in [1.807, 2.05) is 23.1 Å². The zero-order valence-corrected chi connectivity index (χ0v) is 15.8. The summed E-state index contributed by atoms with van der Waals surface area (Å²) in [6.45, 7) is 3.03. The number of para-hydroxylation sites is 1. The van der Waals surface area contributed by atoms with Crippen molar-refractivity contribution in [3.63, 3.8) is 0 Å². The van der Waals surface area contributed by atoms with E-state index in [-0.39, 0.29) is 5.82 Å². The molecule has 3 aromatic rings. The number of halogens is 1. The lowest BCUT2D eigenvalue weighted by atomic mass is 10.2. The van der Waals surface area contributed by atoms with Gasteiger partial charge in [0, 0.05) is 31.9 Å². The fourth-order valence-electron chi connectivity index (χ4n) is 3.32. The number of piperazine rings is 1. The van der Waals surface area contributed by atoms with E-state index in [9.17, 15) is 4.39 Å². The first-order valence-electron chi connectivity index (χ1n) is 9.00. The number of anilines is 2. The van der Waals surface area contributed by atoms with Gasteiger partial charge in [-0.2, -0.15) is 4.98 Å². The molecule has 4 rings (SSSR count). The Hall–Kier alpha value is -3.29. The number of benzene rings is 2. The fraction of sp³-hybridized carbons (Fsp3) is 0.300. The van der Waals surface area contributed by atoms with Gasteiger partial charge in [-0.15, -0.1) is 0 Å². The minimum atomic E-state index is -0.228. The Kier molecular flexibility index (Phi) is 5.01. The number of aromatic nitrogens is 2. The average Bonchev–Trinajstić information content (AvgIpc) is 3.24. The molecule has 8 heteroatoms. The van der Waals surface area contributed by atoms with Crippen LogP contribution in [0.1, 0.15) is 0 Å². The number of hydrogen-bond acceptors (Lipinski definition) is 7. The number of ether oxygens (including phenoxy) is 2. The van der Waals surface area contributed by atoms with Crippen LogP contribution in [0.15, 0.2) is 47.0 Å². The molecule has 0 aliphatic carbocycles. The van der Waals surface area contributed by atoms with Crippen LogP contribution in [-0.2, 0) is 0 Å². The third-order valence-corrected chi connectivity index (χ3v) is 4.80. The fourth-order valence-corrected chi connectivity index (χ4v) is 3.32. The van der Waals surface area contributed by atoms with E-state index in [1.165, 1.54) is 12.1 Å². The lowest BCUT2D eigenvalue weighted by Crippen LogP contribution is -2.46. The van der Waals surface area contributed by atoms with Crippen LogP contribution in [0, 0.1) is 5.82 Å². The molecule has 0 amide bonds. The Morgan fingerprint density at radius 2 is 1.64 bits per heavy atom. The van der Waals surface area contributed by atoms with Crippen molar-refractivity contribution in [2.75, 3.05) is 50.2 Å². The van der Waals surface area contributed by atoms with E-state index in [2.05, 4.69) is 15.0 Å². The summed E-state index contributed by atoms with van der Waals surface area (Å²) in [5.41, 5.74) is 1.72. The zero-order valence-electron chi connectivity index (χ0n) is 15.8. The molecular formula is C20H21FN4O3. The highest BCUT2D eigenvalue weighted by Crippen LogP contribution is 2.37. The highest BCUT2D eigenvalue weighted by molar-refractivity contribution is 5.69. The Bertz CT molecular complexity index is 937. The second kappa shape index (κ2) is 7.75. The van der Waals surface area contributed by atoms with Crippen LogP contribution >= 0.6 is 0 Å². The van der Waals surface area contributed by atoms with Crippen LogP contribution in [0.2, 0.25) is 0 Å². The quantitative estimate of drug-likeness (QED) is 0.669. The van der Waals surface area contributed by atoms with Gasteiger partial charge in [0.05, 0.1) is 19.8 Å². The molecule has 1 aliphatic rings. The van der Waals surface area contributed by atoms with Gasteiger partial charge in [-0.25, -0.2) is 4.39 Å². The van der Waals surface area contributed by atoms with Gasteiger partial charge in [-0.3, -0.25) is 0 Å². The molecular weight excluding hydrogens is 363 g/mol. The van der Waals surface area contributed by atoms with Crippen molar-refractivity contribution in [2.45, 2.75) is 0 Å². The number of rotatable bonds is 5. The first-order chi connectivity index (χ1) is 13.7. The third kappa shape index (κ3) is 3.45. The molecule has 1 aromatic heterocycles. The van der Waals surface area contributed by atoms with Gasteiger partial charge in [-0.1, -0.05) is 11.2 Å². The second-order valence-electron chi connectivity index (χ2n) is 6.39. The summed E-state index contributed by atoms with van der Waals surface area (Å²) in [7, 11) is 3.17. The van der Waals surface area contributed by atoms with Gasteiger partial charge >= 0.3 is 6.01 Å². The highest BCUT2D eigenvalue weighted by Gasteiger charge is 2.23. The largest absolute Gasteiger partial charge is 0.493 e. The van der Waals surface area contributed by atoms with E-state index < -0.39 is 0 Å². The van der Waals surface area contributed by atoms with Crippen molar-refractivity contribution in [2.24, 2.45) is 0 Å². The molecule has 0 unspecified atom stereocenters. The monoisotopic (exact) mass is 384 g/mol. The number of methoxy groups -OCH3 is 2. The van der Waals surface area contributed by atoms with E-state index in [4.69, 9.17) is 14.0 Å². The Balaban J connectivity index is 1.48. The molecule has 0 radical (unpaired) electrons. The van der Waals surface area contributed by atoms with Gasteiger partial charge in [-0.05, 0) is 36.4 Å². The Morgan fingerprint density at radius 1 is 0.929 bits per heavy atom. The molecule has 0 saturated carbocycles. The molecule has 1 aliphatic heterocycles. The van der Waals surface area contributed by atoms with E-state index in [1.54, 1.807) is 26.4 Å². The van der Waals surface area contributed by atoms with Crippen molar-refractivity contribution in [3.05, 3.63) is 48.3 Å². The molecule has 0 bridgehead atoms. The van der Waals surface area contributed by atoms with Crippen molar-refractivity contribution < 1.29 is 18.4 Å². The average molecular weight is 384 g/mol. The molecule has 0 N–H and O–H groups in total.